The molecule has 0 saturated carbocycles. The molecule has 2 aromatic carbocycles. The van der Waals surface area contributed by atoms with E-state index < -0.39 is 0 Å². The number of hydrogen-bond donors (Lipinski definition) is 1. The number of hydrogen-bond acceptors (Lipinski definition) is 3. The van der Waals surface area contributed by atoms with Crippen LogP contribution in [0.3, 0.4) is 0 Å². The number of benzene rings is 2. The lowest BCUT2D eigenvalue weighted by Crippen LogP contribution is -2.30. The summed E-state index contributed by atoms with van der Waals surface area (Å²) in [4.78, 5) is 2.23. The molecule has 0 atom stereocenters. The number of nitrogens with one attached hydrogen (secondary N) is 1. The van der Waals surface area contributed by atoms with Crippen LogP contribution in [0.25, 0.3) is 0 Å². The number of nitrogens with zero attached hydrogens (tertiary/aromatic N) is 2. The van der Waals surface area contributed by atoms with Crippen LogP contribution in [0, 0.1) is 11.3 Å². The number of halogens is 1. The first kappa shape index (κ1) is 12.1. The molecule has 0 spiro atoms. The zero-order valence-corrected chi connectivity index (χ0v) is 11.8. The SMILES string of the molecule is N#Cc1ccc2c(c1)N(c1ccccc1Br)CCN2. The summed E-state index contributed by atoms with van der Waals surface area (Å²) in [5, 5.41) is 12.4. The standard InChI is InChI=1S/C15H12BrN3/c16-12-3-1-2-4-14(12)19-8-7-18-13-6-5-11(10-17)9-15(13)19/h1-6,9,18H,7-8H2. The number of nitriles is 1. The van der Waals surface area contributed by atoms with E-state index in [9.17, 15) is 0 Å². The van der Waals surface area contributed by atoms with Crippen LogP contribution in [-0.2, 0) is 0 Å². The predicted molar refractivity (Wildman–Crippen MR) is 80.8 cm³/mol. The van der Waals surface area contributed by atoms with Gasteiger partial charge in [0.1, 0.15) is 0 Å². The summed E-state index contributed by atoms with van der Waals surface area (Å²) in [6.07, 6.45) is 0. The molecule has 0 aromatic heterocycles. The lowest BCUT2D eigenvalue weighted by atomic mass is 10.1. The van der Waals surface area contributed by atoms with Crippen molar-refractivity contribution >= 4 is 33.0 Å². The van der Waals surface area contributed by atoms with Gasteiger partial charge in [0.05, 0.1) is 28.7 Å². The van der Waals surface area contributed by atoms with Crippen LogP contribution in [0.15, 0.2) is 46.9 Å². The molecular formula is C15H12BrN3. The van der Waals surface area contributed by atoms with Crippen molar-refractivity contribution in [2.24, 2.45) is 0 Å². The molecule has 19 heavy (non-hydrogen) atoms. The molecule has 0 bridgehead atoms. The molecule has 1 heterocycles. The Morgan fingerprint density at radius 3 is 2.79 bits per heavy atom. The van der Waals surface area contributed by atoms with Gasteiger partial charge in [0.25, 0.3) is 0 Å². The van der Waals surface area contributed by atoms with Gasteiger partial charge in [-0.05, 0) is 46.3 Å². The van der Waals surface area contributed by atoms with Crippen molar-refractivity contribution in [3.05, 3.63) is 52.5 Å². The Kier molecular flexibility index (Phi) is 3.14. The smallest absolute Gasteiger partial charge is 0.0992 e. The fourth-order valence-corrected chi connectivity index (χ4v) is 2.82. The quantitative estimate of drug-likeness (QED) is 0.868. The molecule has 3 nitrogen and oxygen atoms in total. The molecule has 0 unspecified atom stereocenters. The van der Waals surface area contributed by atoms with E-state index in [2.05, 4.69) is 38.3 Å². The summed E-state index contributed by atoms with van der Waals surface area (Å²) in [6, 6.07) is 16.1. The van der Waals surface area contributed by atoms with Crippen molar-refractivity contribution in [1.82, 2.24) is 0 Å². The summed E-state index contributed by atoms with van der Waals surface area (Å²) in [5.41, 5.74) is 3.93. The van der Waals surface area contributed by atoms with Crippen LogP contribution in [0.1, 0.15) is 5.56 Å². The molecule has 3 rings (SSSR count). The molecule has 2 aromatic rings. The maximum absolute atomic E-state index is 9.05. The molecule has 1 aliphatic heterocycles. The average molecular weight is 314 g/mol. The highest BCUT2D eigenvalue weighted by molar-refractivity contribution is 9.10. The molecule has 0 fully saturated rings. The molecule has 94 valence electrons. The summed E-state index contributed by atoms with van der Waals surface area (Å²) >= 11 is 3.59. The Morgan fingerprint density at radius 2 is 2.00 bits per heavy atom. The molecule has 0 aliphatic carbocycles. The average Bonchev–Trinajstić information content (AvgIpc) is 2.47. The fourth-order valence-electron chi connectivity index (χ4n) is 2.32. The van der Waals surface area contributed by atoms with Gasteiger partial charge in [-0.15, -0.1) is 0 Å². The first-order valence-corrected chi connectivity index (χ1v) is 6.89. The summed E-state index contributed by atoms with van der Waals surface area (Å²) in [7, 11) is 0. The first-order valence-electron chi connectivity index (χ1n) is 6.09. The summed E-state index contributed by atoms with van der Waals surface area (Å²) in [5.74, 6) is 0. The second-order valence-corrected chi connectivity index (χ2v) is 5.23. The Balaban J connectivity index is 2.12. The maximum Gasteiger partial charge on any atom is 0.0992 e. The maximum atomic E-state index is 9.05. The molecule has 1 N–H and O–H groups in total. The van der Waals surface area contributed by atoms with Crippen molar-refractivity contribution < 1.29 is 0 Å². The van der Waals surface area contributed by atoms with E-state index in [1.165, 1.54) is 0 Å². The van der Waals surface area contributed by atoms with Gasteiger partial charge in [-0.25, -0.2) is 0 Å². The van der Waals surface area contributed by atoms with E-state index in [1.807, 2.05) is 36.4 Å². The highest BCUT2D eigenvalue weighted by Gasteiger charge is 2.19. The number of rotatable bonds is 1. The van der Waals surface area contributed by atoms with E-state index >= 15 is 0 Å². The summed E-state index contributed by atoms with van der Waals surface area (Å²) < 4.78 is 1.06. The van der Waals surface area contributed by atoms with E-state index in [4.69, 9.17) is 5.26 Å². The van der Waals surface area contributed by atoms with E-state index in [1.54, 1.807) is 0 Å². The first-order chi connectivity index (χ1) is 9.29. The van der Waals surface area contributed by atoms with Crippen molar-refractivity contribution in [3.8, 4) is 6.07 Å². The second-order valence-electron chi connectivity index (χ2n) is 4.37. The second kappa shape index (κ2) is 4.94. The third kappa shape index (κ3) is 2.18. The fraction of sp³-hybridized carbons (Fsp3) is 0.133. The highest BCUT2D eigenvalue weighted by atomic mass is 79.9. The minimum atomic E-state index is 0.680. The van der Waals surface area contributed by atoms with Crippen molar-refractivity contribution in [2.45, 2.75) is 0 Å². The van der Waals surface area contributed by atoms with Gasteiger partial charge in [-0.2, -0.15) is 5.26 Å². The molecule has 0 saturated heterocycles. The molecular weight excluding hydrogens is 302 g/mol. The molecule has 0 amide bonds. The zero-order chi connectivity index (χ0) is 13.2. The van der Waals surface area contributed by atoms with Gasteiger partial charge in [0, 0.05) is 17.6 Å². The Bertz CT molecular complexity index is 661. The van der Waals surface area contributed by atoms with Crippen LogP contribution < -0.4 is 10.2 Å². The lowest BCUT2D eigenvalue weighted by molar-refractivity contribution is 0.924. The van der Waals surface area contributed by atoms with Crippen LogP contribution in [0.5, 0.6) is 0 Å². The highest BCUT2D eigenvalue weighted by Crippen LogP contribution is 2.38. The van der Waals surface area contributed by atoms with E-state index in [0.29, 0.717) is 5.56 Å². The van der Waals surface area contributed by atoms with Gasteiger partial charge >= 0.3 is 0 Å². The monoisotopic (exact) mass is 313 g/mol. The van der Waals surface area contributed by atoms with Crippen LogP contribution in [-0.4, -0.2) is 13.1 Å². The van der Waals surface area contributed by atoms with Gasteiger partial charge in [0.2, 0.25) is 0 Å². The number of para-hydroxylation sites is 1. The largest absolute Gasteiger partial charge is 0.382 e. The molecule has 4 heteroatoms. The zero-order valence-electron chi connectivity index (χ0n) is 10.2. The van der Waals surface area contributed by atoms with Crippen molar-refractivity contribution in [3.63, 3.8) is 0 Å². The number of anilines is 3. The molecule has 1 aliphatic rings. The third-order valence-electron chi connectivity index (χ3n) is 3.21. The predicted octanol–water partition coefficient (Wildman–Crippen LogP) is 3.88. The Hall–Kier alpha value is -1.99. The van der Waals surface area contributed by atoms with Gasteiger partial charge in [0.15, 0.2) is 0 Å². The minimum absolute atomic E-state index is 0.680. The van der Waals surface area contributed by atoms with Gasteiger partial charge < -0.3 is 10.2 Å². The van der Waals surface area contributed by atoms with Crippen molar-refractivity contribution in [1.29, 1.82) is 5.26 Å². The van der Waals surface area contributed by atoms with Crippen LogP contribution in [0.4, 0.5) is 17.1 Å². The normalized spacial score (nSPS) is 13.4. The van der Waals surface area contributed by atoms with Crippen LogP contribution in [0.2, 0.25) is 0 Å². The van der Waals surface area contributed by atoms with Crippen molar-refractivity contribution in [2.75, 3.05) is 23.3 Å². The third-order valence-corrected chi connectivity index (χ3v) is 3.88. The topological polar surface area (TPSA) is 39.1 Å². The van der Waals surface area contributed by atoms with E-state index in [0.717, 1.165) is 34.6 Å². The van der Waals surface area contributed by atoms with Gasteiger partial charge in [-0.3, -0.25) is 0 Å². The van der Waals surface area contributed by atoms with Gasteiger partial charge in [-0.1, -0.05) is 12.1 Å². The Morgan fingerprint density at radius 1 is 1.16 bits per heavy atom. The summed E-state index contributed by atoms with van der Waals surface area (Å²) in [6.45, 7) is 1.77. The van der Waals surface area contributed by atoms with E-state index in [-0.39, 0.29) is 0 Å². The lowest BCUT2D eigenvalue weighted by Gasteiger charge is -2.32. The molecule has 0 radical (unpaired) electrons. The number of fused-ring (bicyclic) bond motifs is 1. The Labute approximate surface area is 120 Å². The minimum Gasteiger partial charge on any atom is -0.382 e. The van der Waals surface area contributed by atoms with Crippen LogP contribution >= 0.6 is 15.9 Å².